The minimum absolute atomic E-state index is 0.0818. The van der Waals surface area contributed by atoms with Gasteiger partial charge in [0.05, 0.1) is 5.92 Å². The molecule has 22 heavy (non-hydrogen) atoms. The highest BCUT2D eigenvalue weighted by Gasteiger charge is 2.09. The molecule has 0 saturated carbocycles. The van der Waals surface area contributed by atoms with E-state index in [4.69, 9.17) is 5.11 Å². The highest BCUT2D eigenvalue weighted by atomic mass is 16.4. The highest BCUT2D eigenvalue weighted by Crippen LogP contribution is 2.10. The first-order valence-electron chi connectivity index (χ1n) is 8.04. The fraction of sp³-hybridized carbons (Fsp3) is 0.556. The molecule has 0 radical (unpaired) electrons. The van der Waals surface area contributed by atoms with Crippen LogP contribution in [0.3, 0.4) is 0 Å². The van der Waals surface area contributed by atoms with Crippen LogP contribution in [-0.4, -0.2) is 23.5 Å². The van der Waals surface area contributed by atoms with Crippen molar-refractivity contribution >= 4 is 11.9 Å². The fourth-order valence-electron chi connectivity index (χ4n) is 2.23. The Morgan fingerprint density at radius 3 is 2.45 bits per heavy atom. The first-order chi connectivity index (χ1) is 10.5. The van der Waals surface area contributed by atoms with Crippen molar-refractivity contribution in [2.45, 2.75) is 52.4 Å². The molecule has 0 aromatic heterocycles. The van der Waals surface area contributed by atoms with E-state index in [1.165, 1.54) is 11.1 Å². The summed E-state index contributed by atoms with van der Waals surface area (Å²) in [7, 11) is 0. The molecule has 0 saturated heterocycles. The molecule has 0 aliphatic carbocycles. The minimum atomic E-state index is -0.742. The van der Waals surface area contributed by atoms with Crippen molar-refractivity contribution in [3.8, 4) is 0 Å². The largest absolute Gasteiger partial charge is 0.481 e. The third-order valence-electron chi connectivity index (χ3n) is 3.82. The fourth-order valence-corrected chi connectivity index (χ4v) is 2.23. The normalized spacial score (nSPS) is 11.9. The number of carbonyl (C=O) groups excluding carboxylic acids is 1. The number of hydrogen-bond donors (Lipinski definition) is 2. The van der Waals surface area contributed by atoms with Crippen molar-refractivity contribution in [1.82, 2.24) is 5.32 Å². The lowest BCUT2D eigenvalue weighted by Crippen LogP contribution is -2.25. The Hall–Kier alpha value is -1.84. The van der Waals surface area contributed by atoms with Gasteiger partial charge < -0.3 is 10.4 Å². The third kappa shape index (κ3) is 7.81. The highest BCUT2D eigenvalue weighted by molar-refractivity contribution is 5.75. The maximum absolute atomic E-state index is 11.7. The number of carboxylic acid groups (broad SMARTS) is 1. The zero-order valence-corrected chi connectivity index (χ0v) is 13.6. The van der Waals surface area contributed by atoms with Crippen LogP contribution in [-0.2, 0) is 16.0 Å². The van der Waals surface area contributed by atoms with Gasteiger partial charge in [-0.1, -0.05) is 49.6 Å². The van der Waals surface area contributed by atoms with Gasteiger partial charge in [0.1, 0.15) is 0 Å². The predicted molar refractivity (Wildman–Crippen MR) is 87.8 cm³/mol. The van der Waals surface area contributed by atoms with E-state index >= 15 is 0 Å². The summed E-state index contributed by atoms with van der Waals surface area (Å²) in [5.41, 5.74) is 2.47. The zero-order valence-electron chi connectivity index (χ0n) is 13.6. The van der Waals surface area contributed by atoms with Gasteiger partial charge in [-0.25, -0.2) is 0 Å². The van der Waals surface area contributed by atoms with E-state index in [9.17, 15) is 9.59 Å². The van der Waals surface area contributed by atoms with Crippen LogP contribution >= 0.6 is 0 Å². The summed E-state index contributed by atoms with van der Waals surface area (Å²) in [5, 5.41) is 11.7. The molecule has 1 amide bonds. The molecule has 2 N–H and O–H groups in total. The van der Waals surface area contributed by atoms with Crippen molar-refractivity contribution in [3.63, 3.8) is 0 Å². The number of nitrogens with one attached hydrogen (secondary N) is 1. The smallest absolute Gasteiger partial charge is 0.306 e. The van der Waals surface area contributed by atoms with Gasteiger partial charge >= 0.3 is 5.97 Å². The first-order valence-corrected chi connectivity index (χ1v) is 8.04. The van der Waals surface area contributed by atoms with Crippen molar-refractivity contribution in [1.29, 1.82) is 0 Å². The lowest BCUT2D eigenvalue weighted by atomic mass is 10.0. The van der Waals surface area contributed by atoms with E-state index in [1.807, 2.05) is 0 Å². The number of carboxylic acids is 1. The molecule has 4 nitrogen and oxygen atoms in total. The van der Waals surface area contributed by atoms with Crippen molar-refractivity contribution in [2.24, 2.45) is 5.92 Å². The molecule has 4 heteroatoms. The Bertz CT molecular complexity index is 468. The van der Waals surface area contributed by atoms with E-state index in [1.54, 1.807) is 6.92 Å². The molecule has 0 bridgehead atoms. The molecule has 1 aromatic carbocycles. The number of unbranched alkanes of at least 4 members (excludes halogenated alkanes) is 2. The standard InChI is InChI=1S/C18H27NO3/c1-14-8-10-16(11-9-14)12-13-19-17(20)7-5-3-4-6-15(2)18(21)22/h8-11,15H,3-7,12-13H2,1-2H3,(H,19,20)(H,21,22). The second-order valence-electron chi connectivity index (χ2n) is 5.92. The molecular formula is C18H27NO3. The number of benzene rings is 1. The molecule has 0 heterocycles. The van der Waals surface area contributed by atoms with Gasteiger partial charge in [-0.15, -0.1) is 0 Å². The number of hydrogen-bond acceptors (Lipinski definition) is 2. The van der Waals surface area contributed by atoms with E-state index in [0.29, 0.717) is 19.4 Å². The summed E-state index contributed by atoms with van der Waals surface area (Å²) in [6, 6.07) is 8.33. The second kappa shape index (κ2) is 9.98. The average molecular weight is 305 g/mol. The average Bonchev–Trinajstić information content (AvgIpc) is 2.48. The molecule has 0 spiro atoms. The number of amides is 1. The Kier molecular flexibility index (Phi) is 8.26. The minimum Gasteiger partial charge on any atom is -0.481 e. The van der Waals surface area contributed by atoms with Gasteiger partial charge in [0.25, 0.3) is 0 Å². The first kappa shape index (κ1) is 18.2. The molecule has 1 rings (SSSR count). The Labute approximate surface area is 132 Å². The van der Waals surface area contributed by atoms with Crippen LogP contribution in [0.2, 0.25) is 0 Å². The molecule has 1 aromatic rings. The Balaban J connectivity index is 2.04. The van der Waals surface area contributed by atoms with Crippen LogP contribution in [0.25, 0.3) is 0 Å². The molecule has 122 valence electrons. The molecular weight excluding hydrogens is 278 g/mol. The van der Waals surface area contributed by atoms with Crippen LogP contribution in [0.15, 0.2) is 24.3 Å². The maximum atomic E-state index is 11.7. The Morgan fingerprint density at radius 2 is 1.82 bits per heavy atom. The lowest BCUT2D eigenvalue weighted by molar-refractivity contribution is -0.141. The van der Waals surface area contributed by atoms with Crippen LogP contribution < -0.4 is 5.32 Å². The van der Waals surface area contributed by atoms with E-state index in [-0.39, 0.29) is 11.8 Å². The summed E-state index contributed by atoms with van der Waals surface area (Å²) in [6.45, 7) is 4.45. The topological polar surface area (TPSA) is 66.4 Å². The summed E-state index contributed by atoms with van der Waals surface area (Å²) >= 11 is 0. The number of aryl methyl sites for hydroxylation is 1. The van der Waals surface area contributed by atoms with Crippen molar-refractivity contribution in [3.05, 3.63) is 35.4 Å². The van der Waals surface area contributed by atoms with E-state index in [0.717, 1.165) is 25.7 Å². The van der Waals surface area contributed by atoms with Gasteiger partial charge in [-0.05, 0) is 31.7 Å². The van der Waals surface area contributed by atoms with Crippen LogP contribution in [0, 0.1) is 12.8 Å². The van der Waals surface area contributed by atoms with Gasteiger partial charge in [-0.2, -0.15) is 0 Å². The summed E-state index contributed by atoms with van der Waals surface area (Å²) in [6.07, 6.45) is 4.65. The Morgan fingerprint density at radius 1 is 1.14 bits per heavy atom. The van der Waals surface area contributed by atoms with Crippen LogP contribution in [0.1, 0.15) is 50.2 Å². The van der Waals surface area contributed by atoms with Gasteiger partial charge in [0.15, 0.2) is 0 Å². The van der Waals surface area contributed by atoms with E-state index < -0.39 is 5.97 Å². The summed E-state index contributed by atoms with van der Waals surface area (Å²) in [4.78, 5) is 22.3. The zero-order chi connectivity index (χ0) is 16.4. The molecule has 1 atom stereocenters. The second-order valence-corrected chi connectivity index (χ2v) is 5.92. The SMILES string of the molecule is Cc1ccc(CCNC(=O)CCCCCC(C)C(=O)O)cc1. The number of aliphatic carboxylic acids is 1. The molecule has 0 aliphatic heterocycles. The van der Waals surface area contributed by atoms with Gasteiger partial charge in [0, 0.05) is 13.0 Å². The van der Waals surface area contributed by atoms with Crippen molar-refractivity contribution < 1.29 is 14.7 Å². The van der Waals surface area contributed by atoms with Gasteiger partial charge in [-0.3, -0.25) is 9.59 Å². The number of rotatable bonds is 10. The number of carbonyl (C=O) groups is 2. The monoisotopic (exact) mass is 305 g/mol. The predicted octanol–water partition coefficient (Wildman–Crippen LogP) is 3.32. The molecule has 1 unspecified atom stereocenters. The van der Waals surface area contributed by atoms with E-state index in [2.05, 4.69) is 36.5 Å². The quantitative estimate of drug-likeness (QED) is 0.652. The molecule has 0 fully saturated rings. The maximum Gasteiger partial charge on any atom is 0.306 e. The van der Waals surface area contributed by atoms with Crippen LogP contribution in [0.4, 0.5) is 0 Å². The molecule has 0 aliphatic rings. The van der Waals surface area contributed by atoms with Crippen LogP contribution in [0.5, 0.6) is 0 Å². The summed E-state index contributed by atoms with van der Waals surface area (Å²) in [5.74, 6) is -0.949. The van der Waals surface area contributed by atoms with Gasteiger partial charge in [0.2, 0.25) is 5.91 Å². The lowest BCUT2D eigenvalue weighted by Gasteiger charge is -2.07. The third-order valence-corrected chi connectivity index (χ3v) is 3.82. The summed E-state index contributed by atoms with van der Waals surface area (Å²) < 4.78 is 0. The van der Waals surface area contributed by atoms with Crippen molar-refractivity contribution in [2.75, 3.05) is 6.54 Å².